The van der Waals surface area contributed by atoms with Crippen molar-refractivity contribution in [2.75, 3.05) is 7.11 Å². The van der Waals surface area contributed by atoms with Gasteiger partial charge in [-0.1, -0.05) is 30.3 Å². The highest BCUT2D eigenvalue weighted by molar-refractivity contribution is 5.90. The van der Waals surface area contributed by atoms with Crippen molar-refractivity contribution in [2.45, 2.75) is 39.4 Å². The van der Waals surface area contributed by atoms with E-state index in [2.05, 4.69) is 57.2 Å². The molecule has 0 saturated heterocycles. The van der Waals surface area contributed by atoms with E-state index in [1.54, 1.807) is 7.11 Å². The van der Waals surface area contributed by atoms with E-state index < -0.39 is 0 Å². The van der Waals surface area contributed by atoms with Crippen molar-refractivity contribution in [2.24, 2.45) is 0 Å². The van der Waals surface area contributed by atoms with E-state index in [0.717, 1.165) is 12.2 Å². The van der Waals surface area contributed by atoms with Gasteiger partial charge in [-0.3, -0.25) is 0 Å². The number of methoxy groups -OCH3 is 1. The van der Waals surface area contributed by atoms with Crippen LogP contribution in [0.1, 0.15) is 25.8 Å². The standard InChI is InChI=1S/C17H22O2/c1-12-9-10-17(16-8-6-5-7-15(12)16)19-14(3)11-13(2)18-4/h5-10,13-14H,11H2,1-4H3/t13-,14+/m1/s1. The van der Waals surface area contributed by atoms with Crippen molar-refractivity contribution in [1.29, 1.82) is 0 Å². The van der Waals surface area contributed by atoms with Gasteiger partial charge in [0.1, 0.15) is 5.75 Å². The van der Waals surface area contributed by atoms with Crippen molar-refractivity contribution in [1.82, 2.24) is 0 Å². The number of aryl methyl sites for hydroxylation is 1. The molecule has 0 aliphatic heterocycles. The van der Waals surface area contributed by atoms with Crippen molar-refractivity contribution in [3.63, 3.8) is 0 Å². The molecule has 2 rings (SSSR count). The van der Waals surface area contributed by atoms with Crippen molar-refractivity contribution >= 4 is 10.8 Å². The van der Waals surface area contributed by atoms with Crippen LogP contribution >= 0.6 is 0 Å². The summed E-state index contributed by atoms with van der Waals surface area (Å²) >= 11 is 0. The third kappa shape index (κ3) is 3.27. The van der Waals surface area contributed by atoms with E-state index in [1.165, 1.54) is 16.3 Å². The highest BCUT2D eigenvalue weighted by atomic mass is 16.5. The summed E-state index contributed by atoms with van der Waals surface area (Å²) in [7, 11) is 1.73. The number of benzene rings is 2. The van der Waals surface area contributed by atoms with Crippen LogP contribution in [0.5, 0.6) is 5.75 Å². The average Bonchev–Trinajstić information content (AvgIpc) is 2.42. The number of rotatable bonds is 5. The first kappa shape index (κ1) is 13.9. The Morgan fingerprint density at radius 1 is 0.947 bits per heavy atom. The largest absolute Gasteiger partial charge is 0.490 e. The summed E-state index contributed by atoms with van der Waals surface area (Å²) in [6, 6.07) is 12.5. The molecule has 102 valence electrons. The molecule has 0 spiro atoms. The summed E-state index contributed by atoms with van der Waals surface area (Å²) in [5, 5.41) is 2.44. The summed E-state index contributed by atoms with van der Waals surface area (Å²) in [6.07, 6.45) is 1.24. The molecule has 19 heavy (non-hydrogen) atoms. The van der Waals surface area contributed by atoms with Crippen LogP contribution in [-0.4, -0.2) is 19.3 Å². The molecule has 0 N–H and O–H groups in total. The second-order valence-corrected chi connectivity index (χ2v) is 5.14. The summed E-state index contributed by atoms with van der Waals surface area (Å²) in [5.74, 6) is 0.956. The van der Waals surface area contributed by atoms with E-state index in [9.17, 15) is 0 Å². The molecule has 2 nitrogen and oxygen atoms in total. The Bertz CT molecular complexity index is 548. The monoisotopic (exact) mass is 258 g/mol. The van der Waals surface area contributed by atoms with Gasteiger partial charge < -0.3 is 9.47 Å². The van der Waals surface area contributed by atoms with E-state index >= 15 is 0 Å². The number of ether oxygens (including phenoxy) is 2. The first-order valence-electron chi connectivity index (χ1n) is 6.79. The Balaban J connectivity index is 2.24. The van der Waals surface area contributed by atoms with Crippen LogP contribution in [0.15, 0.2) is 36.4 Å². The van der Waals surface area contributed by atoms with E-state index in [1.807, 2.05) is 0 Å². The maximum Gasteiger partial charge on any atom is 0.127 e. The minimum atomic E-state index is 0.140. The zero-order chi connectivity index (χ0) is 13.8. The van der Waals surface area contributed by atoms with Gasteiger partial charge in [0.25, 0.3) is 0 Å². The number of hydrogen-bond donors (Lipinski definition) is 0. The zero-order valence-electron chi connectivity index (χ0n) is 12.1. The molecular formula is C17H22O2. The van der Waals surface area contributed by atoms with E-state index in [-0.39, 0.29) is 12.2 Å². The van der Waals surface area contributed by atoms with Crippen LogP contribution in [0, 0.1) is 6.92 Å². The Morgan fingerprint density at radius 3 is 2.32 bits per heavy atom. The Kier molecular flexibility index (Phi) is 4.43. The van der Waals surface area contributed by atoms with Crippen molar-refractivity contribution < 1.29 is 9.47 Å². The Morgan fingerprint density at radius 2 is 1.63 bits per heavy atom. The van der Waals surface area contributed by atoms with Crippen LogP contribution in [0.3, 0.4) is 0 Å². The maximum atomic E-state index is 6.08. The lowest BCUT2D eigenvalue weighted by atomic mass is 10.0. The molecule has 0 radical (unpaired) electrons. The van der Waals surface area contributed by atoms with Gasteiger partial charge in [0, 0.05) is 18.9 Å². The van der Waals surface area contributed by atoms with E-state index in [0.29, 0.717) is 0 Å². The van der Waals surface area contributed by atoms with Crippen molar-refractivity contribution in [3.05, 3.63) is 42.0 Å². The smallest absolute Gasteiger partial charge is 0.127 e. The van der Waals surface area contributed by atoms with Crippen LogP contribution in [0.4, 0.5) is 0 Å². The molecule has 2 heteroatoms. The number of fused-ring (bicyclic) bond motifs is 1. The fourth-order valence-electron chi connectivity index (χ4n) is 2.35. The molecule has 0 aliphatic carbocycles. The van der Waals surface area contributed by atoms with Crippen molar-refractivity contribution in [3.8, 4) is 5.75 Å². The molecule has 2 atom stereocenters. The van der Waals surface area contributed by atoms with Gasteiger partial charge in [-0.05, 0) is 37.8 Å². The van der Waals surface area contributed by atoms with Gasteiger partial charge in [-0.2, -0.15) is 0 Å². The Hall–Kier alpha value is -1.54. The maximum absolute atomic E-state index is 6.08. The predicted octanol–water partition coefficient (Wildman–Crippen LogP) is 4.34. The van der Waals surface area contributed by atoms with Gasteiger partial charge in [0.15, 0.2) is 0 Å². The fraction of sp³-hybridized carbons (Fsp3) is 0.412. The van der Waals surface area contributed by atoms with Crippen LogP contribution in [0.2, 0.25) is 0 Å². The fourth-order valence-corrected chi connectivity index (χ4v) is 2.35. The van der Waals surface area contributed by atoms with Gasteiger partial charge >= 0.3 is 0 Å². The molecule has 0 heterocycles. The SMILES string of the molecule is CO[C@H](C)C[C@H](C)Oc1ccc(C)c2ccccc12. The summed E-state index contributed by atoms with van der Waals surface area (Å²) in [5.41, 5.74) is 1.28. The topological polar surface area (TPSA) is 18.5 Å². The second kappa shape index (κ2) is 6.07. The Labute approximate surface area is 115 Å². The normalized spacial score (nSPS) is 14.3. The molecular weight excluding hydrogens is 236 g/mol. The lowest BCUT2D eigenvalue weighted by molar-refractivity contribution is 0.0724. The first-order chi connectivity index (χ1) is 9.11. The minimum absolute atomic E-state index is 0.140. The molecule has 0 aliphatic rings. The third-order valence-electron chi connectivity index (χ3n) is 3.50. The van der Waals surface area contributed by atoms with Crippen LogP contribution in [-0.2, 0) is 4.74 Å². The summed E-state index contributed by atoms with van der Waals surface area (Å²) in [6.45, 7) is 6.28. The third-order valence-corrected chi connectivity index (χ3v) is 3.50. The lowest BCUT2D eigenvalue weighted by Crippen LogP contribution is -2.19. The molecule has 2 aromatic rings. The second-order valence-electron chi connectivity index (χ2n) is 5.14. The van der Waals surface area contributed by atoms with Gasteiger partial charge in [0.05, 0.1) is 12.2 Å². The molecule has 0 amide bonds. The highest BCUT2D eigenvalue weighted by Gasteiger charge is 2.11. The first-order valence-corrected chi connectivity index (χ1v) is 6.79. The average molecular weight is 258 g/mol. The number of hydrogen-bond acceptors (Lipinski definition) is 2. The molecule has 0 fully saturated rings. The highest BCUT2D eigenvalue weighted by Crippen LogP contribution is 2.29. The van der Waals surface area contributed by atoms with Gasteiger partial charge in [0.2, 0.25) is 0 Å². The molecule has 0 aromatic heterocycles. The quantitative estimate of drug-likeness (QED) is 0.794. The molecule has 0 bridgehead atoms. The van der Waals surface area contributed by atoms with E-state index in [4.69, 9.17) is 9.47 Å². The van der Waals surface area contributed by atoms with Crippen LogP contribution < -0.4 is 4.74 Å². The lowest BCUT2D eigenvalue weighted by Gasteiger charge is -2.19. The molecule has 2 aromatic carbocycles. The summed E-state index contributed by atoms with van der Waals surface area (Å²) < 4.78 is 11.4. The predicted molar refractivity (Wildman–Crippen MR) is 79.9 cm³/mol. The zero-order valence-corrected chi connectivity index (χ0v) is 12.1. The van der Waals surface area contributed by atoms with Gasteiger partial charge in [-0.25, -0.2) is 0 Å². The molecule has 0 unspecified atom stereocenters. The van der Waals surface area contributed by atoms with Crippen LogP contribution in [0.25, 0.3) is 10.8 Å². The minimum Gasteiger partial charge on any atom is -0.490 e. The van der Waals surface area contributed by atoms with Gasteiger partial charge in [-0.15, -0.1) is 0 Å². The summed E-state index contributed by atoms with van der Waals surface area (Å²) in [4.78, 5) is 0. The molecule has 0 saturated carbocycles.